The number of thioether (sulfide) groups is 1. The van der Waals surface area contributed by atoms with Crippen LogP contribution in [0, 0.1) is 0 Å². The molecule has 0 radical (unpaired) electrons. The highest BCUT2D eigenvalue weighted by Crippen LogP contribution is 2.18. The maximum absolute atomic E-state index is 12.0. The molecule has 1 aliphatic heterocycles. The van der Waals surface area contributed by atoms with Gasteiger partial charge in [0.1, 0.15) is 4.90 Å². The average Bonchev–Trinajstić information content (AvgIpc) is 2.30. The van der Waals surface area contributed by atoms with Gasteiger partial charge in [-0.05, 0) is 24.3 Å². The predicted molar refractivity (Wildman–Crippen MR) is 67.7 cm³/mol. The van der Waals surface area contributed by atoms with Crippen molar-refractivity contribution < 1.29 is 8.42 Å². The molecule has 1 saturated heterocycles. The summed E-state index contributed by atoms with van der Waals surface area (Å²) in [4.78, 5) is 13.9. The van der Waals surface area contributed by atoms with Crippen molar-refractivity contribution in [2.75, 3.05) is 11.5 Å². The molecule has 0 aliphatic carbocycles. The van der Waals surface area contributed by atoms with Gasteiger partial charge in [0, 0.05) is 24.5 Å². The Balaban J connectivity index is 2.19. The summed E-state index contributed by atoms with van der Waals surface area (Å²) in [6, 6.07) is 1.16. The predicted octanol–water partition coefficient (Wildman–Crippen LogP) is 0.549. The molecule has 7 heteroatoms. The molecule has 1 fully saturated rings. The van der Waals surface area contributed by atoms with Crippen LogP contribution in [0.25, 0.3) is 0 Å². The van der Waals surface area contributed by atoms with Gasteiger partial charge in [0.2, 0.25) is 15.5 Å². The summed E-state index contributed by atoms with van der Waals surface area (Å²) in [6.45, 7) is 0. The number of H-pyrrole nitrogens is 1. The van der Waals surface area contributed by atoms with Gasteiger partial charge in [0.15, 0.2) is 0 Å². The Kier molecular flexibility index (Phi) is 3.90. The molecule has 5 nitrogen and oxygen atoms in total. The molecule has 17 heavy (non-hydrogen) atoms. The van der Waals surface area contributed by atoms with Crippen LogP contribution in [0.4, 0.5) is 0 Å². The lowest BCUT2D eigenvalue weighted by Gasteiger charge is -2.22. The van der Waals surface area contributed by atoms with Gasteiger partial charge in [-0.15, -0.1) is 0 Å². The van der Waals surface area contributed by atoms with Crippen LogP contribution in [0.1, 0.15) is 12.8 Å². The molecule has 1 aromatic heterocycles. The standard InChI is InChI=1S/C10H14N2O3S2/c13-9-1-4-11-7-10(9)17(14,15)12-8-2-5-16-6-3-8/h1,4,7-8,12H,2-3,5-6H2,(H,11,13). The summed E-state index contributed by atoms with van der Waals surface area (Å²) in [5.41, 5.74) is -0.485. The molecule has 0 aromatic carbocycles. The van der Waals surface area contributed by atoms with Gasteiger partial charge in [-0.1, -0.05) is 0 Å². The third-order valence-electron chi connectivity index (χ3n) is 2.62. The highest BCUT2D eigenvalue weighted by atomic mass is 32.2. The average molecular weight is 274 g/mol. The number of pyridine rings is 1. The van der Waals surface area contributed by atoms with Crippen LogP contribution in [0.3, 0.4) is 0 Å². The van der Waals surface area contributed by atoms with Crippen molar-refractivity contribution in [3.8, 4) is 0 Å². The number of aromatic amines is 1. The molecule has 1 aromatic rings. The van der Waals surface area contributed by atoms with Crippen molar-refractivity contribution in [1.29, 1.82) is 0 Å². The molecule has 1 aliphatic rings. The Morgan fingerprint density at radius 3 is 2.71 bits per heavy atom. The monoisotopic (exact) mass is 274 g/mol. The van der Waals surface area contributed by atoms with E-state index in [1.807, 2.05) is 11.8 Å². The molecule has 0 atom stereocenters. The molecular weight excluding hydrogens is 260 g/mol. The van der Waals surface area contributed by atoms with Gasteiger partial charge in [-0.25, -0.2) is 13.1 Å². The minimum absolute atomic E-state index is 0.0548. The number of hydrogen-bond acceptors (Lipinski definition) is 4. The lowest BCUT2D eigenvalue weighted by atomic mass is 10.2. The molecular formula is C10H14N2O3S2. The fourth-order valence-corrected chi connectivity index (χ4v) is 4.17. The van der Waals surface area contributed by atoms with Gasteiger partial charge in [-0.2, -0.15) is 11.8 Å². The summed E-state index contributed by atoms with van der Waals surface area (Å²) < 4.78 is 26.6. The Bertz CT molecular complexity index is 532. The molecule has 0 bridgehead atoms. The maximum atomic E-state index is 12.0. The van der Waals surface area contributed by atoms with E-state index in [0.717, 1.165) is 24.3 Å². The maximum Gasteiger partial charge on any atom is 0.246 e. The van der Waals surface area contributed by atoms with Gasteiger partial charge in [0.05, 0.1) is 0 Å². The lowest BCUT2D eigenvalue weighted by molar-refractivity contribution is 0.528. The first-order chi connectivity index (χ1) is 8.09. The van der Waals surface area contributed by atoms with Crippen LogP contribution in [0.2, 0.25) is 0 Å². The zero-order chi connectivity index (χ0) is 12.3. The second kappa shape index (κ2) is 5.24. The second-order valence-electron chi connectivity index (χ2n) is 3.88. The van der Waals surface area contributed by atoms with Crippen LogP contribution in [0.5, 0.6) is 0 Å². The minimum atomic E-state index is -3.69. The van der Waals surface area contributed by atoms with Crippen molar-refractivity contribution >= 4 is 21.8 Å². The normalized spacial score (nSPS) is 18.1. The van der Waals surface area contributed by atoms with E-state index in [1.54, 1.807) is 0 Å². The number of rotatable bonds is 3. The van der Waals surface area contributed by atoms with Crippen molar-refractivity contribution in [3.05, 3.63) is 28.7 Å². The largest absolute Gasteiger partial charge is 0.366 e. The Morgan fingerprint density at radius 1 is 1.35 bits per heavy atom. The fraction of sp³-hybridized carbons (Fsp3) is 0.500. The Labute approximate surface area is 104 Å². The van der Waals surface area contributed by atoms with Crippen LogP contribution >= 0.6 is 11.8 Å². The van der Waals surface area contributed by atoms with E-state index in [2.05, 4.69) is 9.71 Å². The van der Waals surface area contributed by atoms with Crippen LogP contribution in [-0.4, -0.2) is 30.9 Å². The topological polar surface area (TPSA) is 79.0 Å². The first-order valence-electron chi connectivity index (χ1n) is 5.37. The van der Waals surface area contributed by atoms with Gasteiger partial charge < -0.3 is 4.98 Å². The first-order valence-corrected chi connectivity index (χ1v) is 8.00. The fourth-order valence-electron chi connectivity index (χ4n) is 1.71. The highest BCUT2D eigenvalue weighted by molar-refractivity contribution is 7.99. The SMILES string of the molecule is O=c1cc[nH]cc1S(=O)(=O)NC1CCSCC1. The van der Waals surface area contributed by atoms with Crippen LogP contribution in [-0.2, 0) is 10.0 Å². The molecule has 2 N–H and O–H groups in total. The molecule has 0 saturated carbocycles. The van der Waals surface area contributed by atoms with Crippen molar-refractivity contribution in [1.82, 2.24) is 9.71 Å². The molecule has 2 heterocycles. The van der Waals surface area contributed by atoms with Gasteiger partial charge >= 0.3 is 0 Å². The van der Waals surface area contributed by atoms with E-state index in [1.165, 1.54) is 18.5 Å². The van der Waals surface area contributed by atoms with E-state index < -0.39 is 15.5 Å². The quantitative estimate of drug-likeness (QED) is 0.843. The summed E-state index contributed by atoms with van der Waals surface area (Å²) in [5.74, 6) is 1.91. The second-order valence-corrected chi connectivity index (χ2v) is 6.79. The summed E-state index contributed by atoms with van der Waals surface area (Å²) >= 11 is 1.82. The van der Waals surface area contributed by atoms with Crippen LogP contribution < -0.4 is 10.2 Å². The molecule has 2 rings (SSSR count). The van der Waals surface area contributed by atoms with E-state index in [-0.39, 0.29) is 10.9 Å². The zero-order valence-corrected chi connectivity index (χ0v) is 10.8. The molecule has 0 unspecified atom stereocenters. The summed E-state index contributed by atoms with van der Waals surface area (Å²) in [5, 5.41) is 0. The van der Waals surface area contributed by atoms with E-state index in [0.29, 0.717) is 0 Å². The third-order valence-corrected chi connectivity index (χ3v) is 5.21. The van der Waals surface area contributed by atoms with Gasteiger partial charge in [0.25, 0.3) is 0 Å². The number of sulfonamides is 1. The van der Waals surface area contributed by atoms with Crippen LogP contribution in [0.15, 0.2) is 28.2 Å². The molecule has 94 valence electrons. The minimum Gasteiger partial charge on any atom is -0.366 e. The molecule has 0 amide bonds. The van der Waals surface area contributed by atoms with Gasteiger partial charge in [-0.3, -0.25) is 4.79 Å². The number of hydrogen-bond donors (Lipinski definition) is 2. The smallest absolute Gasteiger partial charge is 0.246 e. The Hall–Kier alpha value is -0.790. The lowest BCUT2D eigenvalue weighted by Crippen LogP contribution is -2.39. The van der Waals surface area contributed by atoms with E-state index in [4.69, 9.17) is 0 Å². The molecule has 0 spiro atoms. The summed E-state index contributed by atoms with van der Waals surface area (Å²) in [7, 11) is -3.69. The zero-order valence-electron chi connectivity index (χ0n) is 9.18. The number of nitrogens with one attached hydrogen (secondary N) is 2. The van der Waals surface area contributed by atoms with Crippen molar-refractivity contribution in [2.45, 2.75) is 23.8 Å². The number of aromatic nitrogens is 1. The van der Waals surface area contributed by atoms with Crippen molar-refractivity contribution in [3.63, 3.8) is 0 Å². The third kappa shape index (κ3) is 3.11. The summed E-state index contributed by atoms with van der Waals surface area (Å²) in [6.07, 6.45) is 4.27. The Morgan fingerprint density at radius 2 is 2.06 bits per heavy atom. The first kappa shape index (κ1) is 12.7. The van der Waals surface area contributed by atoms with E-state index in [9.17, 15) is 13.2 Å². The highest BCUT2D eigenvalue weighted by Gasteiger charge is 2.23. The van der Waals surface area contributed by atoms with E-state index >= 15 is 0 Å². The van der Waals surface area contributed by atoms with Crippen molar-refractivity contribution in [2.24, 2.45) is 0 Å².